The van der Waals surface area contributed by atoms with Crippen LogP contribution < -0.4 is 14.9 Å². The molecule has 0 aliphatic rings. The number of carbonyl (C=O) groups is 1. The first-order valence-corrected chi connectivity index (χ1v) is 10.1. The molecule has 0 N–H and O–H groups in total. The van der Waals surface area contributed by atoms with Crippen LogP contribution in [0, 0.1) is 6.92 Å². The van der Waals surface area contributed by atoms with E-state index in [-0.39, 0.29) is 11.2 Å². The van der Waals surface area contributed by atoms with Gasteiger partial charge in [0.05, 0.1) is 18.1 Å². The molecule has 0 aliphatic carbocycles. The lowest BCUT2D eigenvalue weighted by Gasteiger charge is -2.11. The van der Waals surface area contributed by atoms with E-state index in [1.807, 2.05) is 18.2 Å². The fourth-order valence-electron chi connectivity index (χ4n) is 3.16. The fraction of sp³-hybridized carbons (Fsp3) is 0.120. The number of hydrogen-bond donors (Lipinski definition) is 0. The molecule has 0 bridgehead atoms. The average Bonchev–Trinajstić information content (AvgIpc) is 2.80. The van der Waals surface area contributed by atoms with Crippen molar-refractivity contribution in [2.24, 2.45) is 0 Å². The van der Waals surface area contributed by atoms with E-state index in [4.69, 9.17) is 25.5 Å². The Morgan fingerprint density at radius 1 is 1.00 bits per heavy atom. The standard InChI is InChI=1S/C25H19ClO6/c1-15-24(32-19-8-6-17(7-9-19)25(28)29-2)23(27)21-11-10-20(13-22(21)31-15)30-14-16-4-3-5-18(26)12-16/h3-13H,14H2,1-2H3. The van der Waals surface area contributed by atoms with Crippen LogP contribution >= 0.6 is 11.6 Å². The van der Waals surface area contributed by atoms with Crippen molar-refractivity contribution in [3.63, 3.8) is 0 Å². The number of aryl methyl sites for hydroxylation is 1. The Labute approximate surface area is 188 Å². The van der Waals surface area contributed by atoms with Crippen LogP contribution in [0.25, 0.3) is 11.0 Å². The predicted octanol–water partition coefficient (Wildman–Crippen LogP) is 5.91. The first kappa shape index (κ1) is 21.5. The zero-order valence-electron chi connectivity index (χ0n) is 17.4. The van der Waals surface area contributed by atoms with E-state index in [0.717, 1.165) is 5.56 Å². The van der Waals surface area contributed by atoms with E-state index in [0.29, 0.717) is 45.4 Å². The van der Waals surface area contributed by atoms with Gasteiger partial charge in [0.25, 0.3) is 0 Å². The minimum absolute atomic E-state index is 0.0795. The Balaban J connectivity index is 1.57. The lowest BCUT2D eigenvalue weighted by atomic mass is 10.2. The Hall–Kier alpha value is -3.77. The maximum atomic E-state index is 13.0. The van der Waals surface area contributed by atoms with Crippen molar-refractivity contribution in [2.75, 3.05) is 7.11 Å². The summed E-state index contributed by atoms with van der Waals surface area (Å²) >= 11 is 6.00. The summed E-state index contributed by atoms with van der Waals surface area (Å²) < 4.78 is 22.1. The van der Waals surface area contributed by atoms with Crippen molar-refractivity contribution in [1.29, 1.82) is 0 Å². The van der Waals surface area contributed by atoms with Crippen molar-refractivity contribution in [1.82, 2.24) is 0 Å². The SMILES string of the molecule is COC(=O)c1ccc(Oc2c(C)oc3cc(OCc4cccc(Cl)c4)ccc3c2=O)cc1. The molecule has 1 aromatic heterocycles. The van der Waals surface area contributed by atoms with E-state index < -0.39 is 5.97 Å². The van der Waals surface area contributed by atoms with Crippen molar-refractivity contribution in [3.8, 4) is 17.2 Å². The molecule has 0 radical (unpaired) electrons. The summed E-state index contributed by atoms with van der Waals surface area (Å²) in [7, 11) is 1.31. The molecule has 0 saturated carbocycles. The van der Waals surface area contributed by atoms with E-state index in [1.165, 1.54) is 7.11 Å². The molecule has 4 rings (SSSR count). The molecule has 0 spiro atoms. The molecule has 0 atom stereocenters. The zero-order chi connectivity index (χ0) is 22.7. The Morgan fingerprint density at radius 2 is 1.75 bits per heavy atom. The summed E-state index contributed by atoms with van der Waals surface area (Å²) in [5.41, 5.74) is 1.40. The number of hydrogen-bond acceptors (Lipinski definition) is 6. The molecule has 7 heteroatoms. The van der Waals surface area contributed by atoms with Crippen LogP contribution in [0.1, 0.15) is 21.7 Å². The number of esters is 1. The third-order valence-electron chi connectivity index (χ3n) is 4.78. The Bertz CT molecular complexity index is 1340. The van der Waals surface area contributed by atoms with Gasteiger partial charge in [-0.3, -0.25) is 4.79 Å². The molecule has 1 heterocycles. The number of halogens is 1. The lowest BCUT2D eigenvalue weighted by molar-refractivity contribution is 0.0600. The lowest BCUT2D eigenvalue weighted by Crippen LogP contribution is -2.08. The fourth-order valence-corrected chi connectivity index (χ4v) is 3.38. The minimum Gasteiger partial charge on any atom is -0.489 e. The molecule has 3 aromatic carbocycles. The molecule has 0 fully saturated rings. The quantitative estimate of drug-likeness (QED) is 0.340. The van der Waals surface area contributed by atoms with Crippen molar-refractivity contribution >= 4 is 28.5 Å². The second kappa shape index (κ2) is 9.16. The van der Waals surface area contributed by atoms with Gasteiger partial charge >= 0.3 is 5.97 Å². The van der Waals surface area contributed by atoms with Crippen molar-refractivity contribution < 1.29 is 23.4 Å². The normalized spacial score (nSPS) is 10.7. The minimum atomic E-state index is -0.452. The number of carbonyl (C=O) groups excluding carboxylic acids is 1. The summed E-state index contributed by atoms with van der Waals surface area (Å²) in [6, 6.07) is 18.7. The van der Waals surface area contributed by atoms with Crippen LogP contribution in [0.5, 0.6) is 17.2 Å². The summed E-state index contributed by atoms with van der Waals surface area (Å²) in [6.07, 6.45) is 0. The smallest absolute Gasteiger partial charge is 0.337 e. The summed E-state index contributed by atoms with van der Waals surface area (Å²) in [4.78, 5) is 24.6. The summed E-state index contributed by atoms with van der Waals surface area (Å²) in [5, 5.41) is 1.01. The van der Waals surface area contributed by atoms with Crippen LogP contribution in [0.15, 0.2) is 75.9 Å². The number of fused-ring (bicyclic) bond motifs is 1. The highest BCUT2D eigenvalue weighted by atomic mass is 35.5. The highest BCUT2D eigenvalue weighted by molar-refractivity contribution is 6.30. The van der Waals surface area contributed by atoms with Crippen LogP contribution in [-0.4, -0.2) is 13.1 Å². The summed E-state index contributed by atoms with van der Waals surface area (Å²) in [5.74, 6) is 0.912. The van der Waals surface area contributed by atoms with Gasteiger partial charge in [-0.05, 0) is 61.0 Å². The number of benzene rings is 3. The van der Waals surface area contributed by atoms with Gasteiger partial charge in [0.1, 0.15) is 29.4 Å². The summed E-state index contributed by atoms with van der Waals surface area (Å²) in [6.45, 7) is 1.98. The largest absolute Gasteiger partial charge is 0.489 e. The van der Waals surface area contributed by atoms with E-state index in [2.05, 4.69) is 4.74 Å². The average molecular weight is 451 g/mol. The predicted molar refractivity (Wildman–Crippen MR) is 121 cm³/mol. The van der Waals surface area contributed by atoms with Crippen molar-refractivity contribution in [3.05, 3.63) is 98.9 Å². The van der Waals surface area contributed by atoms with Crippen LogP contribution in [0.3, 0.4) is 0 Å². The Kier molecular flexibility index (Phi) is 6.14. The maximum Gasteiger partial charge on any atom is 0.337 e. The maximum absolute atomic E-state index is 13.0. The first-order valence-electron chi connectivity index (χ1n) is 9.75. The molecule has 4 aromatic rings. The van der Waals surface area contributed by atoms with Gasteiger partial charge in [-0.25, -0.2) is 4.79 Å². The van der Waals surface area contributed by atoms with Gasteiger partial charge < -0.3 is 18.6 Å². The van der Waals surface area contributed by atoms with Gasteiger partial charge in [0, 0.05) is 11.1 Å². The molecule has 0 saturated heterocycles. The number of ether oxygens (including phenoxy) is 3. The second-order valence-corrected chi connectivity index (χ2v) is 7.45. The third kappa shape index (κ3) is 4.60. The first-order chi connectivity index (χ1) is 15.4. The molecule has 32 heavy (non-hydrogen) atoms. The molecular weight excluding hydrogens is 432 g/mol. The molecule has 0 unspecified atom stereocenters. The molecule has 0 amide bonds. The van der Waals surface area contributed by atoms with Crippen LogP contribution in [-0.2, 0) is 11.3 Å². The molecule has 6 nitrogen and oxygen atoms in total. The number of rotatable bonds is 6. The van der Waals surface area contributed by atoms with E-state index >= 15 is 0 Å². The molecule has 162 valence electrons. The Morgan fingerprint density at radius 3 is 2.47 bits per heavy atom. The third-order valence-corrected chi connectivity index (χ3v) is 5.01. The highest BCUT2D eigenvalue weighted by Gasteiger charge is 2.15. The second-order valence-electron chi connectivity index (χ2n) is 7.01. The molecule has 0 aliphatic heterocycles. The molecular formula is C25H19ClO6. The highest BCUT2D eigenvalue weighted by Crippen LogP contribution is 2.28. The van der Waals surface area contributed by atoms with E-state index in [9.17, 15) is 9.59 Å². The zero-order valence-corrected chi connectivity index (χ0v) is 18.1. The van der Waals surface area contributed by atoms with Gasteiger partial charge in [-0.15, -0.1) is 0 Å². The van der Waals surface area contributed by atoms with Crippen LogP contribution in [0.4, 0.5) is 0 Å². The van der Waals surface area contributed by atoms with Gasteiger partial charge in [-0.2, -0.15) is 0 Å². The van der Waals surface area contributed by atoms with E-state index in [1.54, 1.807) is 55.5 Å². The van der Waals surface area contributed by atoms with Crippen LogP contribution in [0.2, 0.25) is 5.02 Å². The van der Waals surface area contributed by atoms with Gasteiger partial charge in [0.15, 0.2) is 0 Å². The van der Waals surface area contributed by atoms with Gasteiger partial charge in [-0.1, -0.05) is 23.7 Å². The topological polar surface area (TPSA) is 75.0 Å². The van der Waals surface area contributed by atoms with Crippen molar-refractivity contribution in [2.45, 2.75) is 13.5 Å². The van der Waals surface area contributed by atoms with Gasteiger partial charge in [0.2, 0.25) is 11.2 Å². The monoisotopic (exact) mass is 450 g/mol. The number of methoxy groups -OCH3 is 1.